The van der Waals surface area contributed by atoms with Crippen molar-refractivity contribution >= 4 is 17.5 Å². The second-order valence-electron chi connectivity index (χ2n) is 4.97. The Labute approximate surface area is 121 Å². The van der Waals surface area contributed by atoms with Gasteiger partial charge in [0.25, 0.3) is 5.91 Å². The molecule has 0 bridgehead atoms. The minimum atomic E-state index is -0.769. The summed E-state index contributed by atoms with van der Waals surface area (Å²) in [7, 11) is 0. The first-order valence-electron chi connectivity index (χ1n) is 6.55. The summed E-state index contributed by atoms with van der Waals surface area (Å²) in [4.78, 5) is 11.7. The predicted molar refractivity (Wildman–Crippen MR) is 73.3 cm³/mol. The van der Waals surface area contributed by atoms with Crippen molar-refractivity contribution in [2.45, 2.75) is 18.9 Å². The van der Waals surface area contributed by atoms with Crippen molar-refractivity contribution in [1.82, 2.24) is 5.32 Å². The number of amides is 1. The molecule has 110 valence electrons. The second kappa shape index (κ2) is 7.02. The number of rotatable bonds is 7. The van der Waals surface area contributed by atoms with Crippen molar-refractivity contribution in [1.29, 1.82) is 0 Å². The van der Waals surface area contributed by atoms with Crippen molar-refractivity contribution < 1.29 is 19.0 Å². The van der Waals surface area contributed by atoms with Crippen molar-refractivity contribution in [3.8, 4) is 0 Å². The molecule has 0 heterocycles. The number of benzene rings is 1. The van der Waals surface area contributed by atoms with Gasteiger partial charge in [-0.2, -0.15) is 0 Å². The lowest BCUT2D eigenvalue weighted by Gasteiger charge is -2.12. The van der Waals surface area contributed by atoms with Crippen LogP contribution in [0.2, 0.25) is 5.02 Å². The van der Waals surface area contributed by atoms with Gasteiger partial charge in [0.15, 0.2) is 0 Å². The third-order valence-electron chi connectivity index (χ3n) is 3.04. The number of aliphatic hydroxyl groups is 1. The van der Waals surface area contributed by atoms with Gasteiger partial charge in [-0.15, -0.1) is 0 Å². The Morgan fingerprint density at radius 1 is 1.55 bits per heavy atom. The van der Waals surface area contributed by atoms with Gasteiger partial charge in [0.2, 0.25) is 0 Å². The number of hydrogen-bond acceptors (Lipinski definition) is 3. The van der Waals surface area contributed by atoms with Crippen LogP contribution in [0, 0.1) is 11.7 Å². The molecule has 0 aliphatic heterocycles. The first kappa shape index (κ1) is 15.2. The molecular weight excluding hydrogens is 285 g/mol. The van der Waals surface area contributed by atoms with E-state index in [-0.39, 0.29) is 23.7 Å². The van der Waals surface area contributed by atoms with Crippen molar-refractivity contribution in [2.24, 2.45) is 5.92 Å². The van der Waals surface area contributed by atoms with E-state index in [4.69, 9.17) is 16.3 Å². The summed E-state index contributed by atoms with van der Waals surface area (Å²) in [5.74, 6) is -0.469. The normalized spacial score (nSPS) is 15.9. The Balaban J connectivity index is 1.71. The molecule has 6 heteroatoms. The minimum Gasteiger partial charge on any atom is -0.389 e. The van der Waals surface area contributed by atoms with Gasteiger partial charge in [0, 0.05) is 18.7 Å². The topological polar surface area (TPSA) is 58.6 Å². The standard InChI is InChI=1S/C14H17ClFNO3/c15-12-4-3-10(5-13(12)16)14(19)17-6-11(18)8-20-7-9-1-2-9/h3-5,9,11,18H,1-2,6-8H2,(H,17,19). The van der Waals surface area contributed by atoms with Crippen molar-refractivity contribution in [3.05, 3.63) is 34.6 Å². The van der Waals surface area contributed by atoms with Gasteiger partial charge >= 0.3 is 0 Å². The van der Waals surface area contributed by atoms with Crippen LogP contribution in [0.25, 0.3) is 0 Å². The number of carbonyl (C=O) groups is 1. The average molecular weight is 302 g/mol. The highest BCUT2D eigenvalue weighted by Crippen LogP contribution is 2.28. The molecule has 1 aromatic rings. The van der Waals surface area contributed by atoms with E-state index in [1.807, 2.05) is 0 Å². The van der Waals surface area contributed by atoms with Gasteiger partial charge < -0.3 is 15.2 Å². The smallest absolute Gasteiger partial charge is 0.251 e. The average Bonchev–Trinajstić information content (AvgIpc) is 3.23. The van der Waals surface area contributed by atoms with Gasteiger partial charge in [0.05, 0.1) is 17.7 Å². The minimum absolute atomic E-state index is 0.0324. The molecule has 0 aromatic heterocycles. The van der Waals surface area contributed by atoms with Gasteiger partial charge in [0.1, 0.15) is 5.82 Å². The SMILES string of the molecule is O=C(NCC(O)COCC1CC1)c1ccc(Cl)c(F)c1. The maximum Gasteiger partial charge on any atom is 0.251 e. The maximum absolute atomic E-state index is 13.2. The van der Waals surface area contributed by atoms with Crippen LogP contribution in [0.4, 0.5) is 4.39 Å². The Kier molecular flexibility index (Phi) is 5.34. The van der Waals surface area contributed by atoms with E-state index in [9.17, 15) is 14.3 Å². The van der Waals surface area contributed by atoms with Crippen LogP contribution < -0.4 is 5.32 Å². The number of ether oxygens (including phenoxy) is 1. The molecule has 1 fully saturated rings. The highest BCUT2D eigenvalue weighted by atomic mass is 35.5. The lowest BCUT2D eigenvalue weighted by Crippen LogP contribution is -2.34. The zero-order valence-corrected chi connectivity index (χ0v) is 11.7. The largest absolute Gasteiger partial charge is 0.389 e. The fraction of sp³-hybridized carbons (Fsp3) is 0.500. The summed E-state index contributed by atoms with van der Waals surface area (Å²) in [6.45, 7) is 0.910. The Hall–Kier alpha value is -1.17. The Morgan fingerprint density at radius 2 is 2.30 bits per heavy atom. The van der Waals surface area contributed by atoms with Crippen LogP contribution in [-0.2, 0) is 4.74 Å². The van der Waals surface area contributed by atoms with Crippen LogP contribution in [0.5, 0.6) is 0 Å². The molecule has 1 aliphatic carbocycles. The van der Waals surface area contributed by atoms with E-state index in [0.29, 0.717) is 12.5 Å². The quantitative estimate of drug-likeness (QED) is 0.810. The molecule has 2 rings (SSSR count). The molecule has 4 nitrogen and oxygen atoms in total. The summed E-state index contributed by atoms with van der Waals surface area (Å²) < 4.78 is 18.5. The van der Waals surface area contributed by atoms with E-state index in [0.717, 1.165) is 6.07 Å². The summed E-state index contributed by atoms with van der Waals surface area (Å²) in [6.07, 6.45) is 1.61. The van der Waals surface area contributed by atoms with Crippen LogP contribution in [0.15, 0.2) is 18.2 Å². The van der Waals surface area contributed by atoms with Crippen LogP contribution in [0.3, 0.4) is 0 Å². The number of hydrogen-bond donors (Lipinski definition) is 2. The van der Waals surface area contributed by atoms with Crippen LogP contribution in [-0.4, -0.2) is 36.9 Å². The van der Waals surface area contributed by atoms with Crippen LogP contribution in [0.1, 0.15) is 23.2 Å². The second-order valence-corrected chi connectivity index (χ2v) is 5.38. The monoisotopic (exact) mass is 301 g/mol. The molecule has 1 aromatic carbocycles. The molecule has 1 atom stereocenters. The molecule has 1 aliphatic rings. The number of halogens is 2. The lowest BCUT2D eigenvalue weighted by atomic mass is 10.2. The number of carbonyl (C=O) groups excluding carboxylic acids is 1. The summed E-state index contributed by atoms with van der Waals surface area (Å²) in [5.41, 5.74) is 0.165. The van der Waals surface area contributed by atoms with E-state index >= 15 is 0 Å². The number of aliphatic hydroxyl groups excluding tert-OH is 1. The third-order valence-corrected chi connectivity index (χ3v) is 3.35. The summed E-state index contributed by atoms with van der Waals surface area (Å²) in [6, 6.07) is 3.81. The molecule has 1 amide bonds. The van der Waals surface area contributed by atoms with Crippen LogP contribution >= 0.6 is 11.6 Å². The predicted octanol–water partition coefficient (Wildman–Crippen LogP) is 2.00. The van der Waals surface area contributed by atoms with E-state index < -0.39 is 17.8 Å². The van der Waals surface area contributed by atoms with Crippen molar-refractivity contribution in [3.63, 3.8) is 0 Å². The van der Waals surface area contributed by atoms with Gasteiger partial charge in [-0.25, -0.2) is 4.39 Å². The lowest BCUT2D eigenvalue weighted by molar-refractivity contribution is 0.0320. The molecule has 20 heavy (non-hydrogen) atoms. The maximum atomic E-state index is 13.2. The zero-order valence-electron chi connectivity index (χ0n) is 10.9. The molecule has 1 unspecified atom stereocenters. The van der Waals surface area contributed by atoms with Crippen molar-refractivity contribution in [2.75, 3.05) is 19.8 Å². The molecule has 2 N–H and O–H groups in total. The highest BCUT2D eigenvalue weighted by molar-refractivity contribution is 6.30. The zero-order chi connectivity index (χ0) is 14.5. The molecule has 1 saturated carbocycles. The van der Waals surface area contributed by atoms with E-state index in [1.165, 1.54) is 25.0 Å². The molecule has 0 radical (unpaired) electrons. The van der Waals surface area contributed by atoms with Gasteiger partial charge in [-0.3, -0.25) is 4.79 Å². The first-order chi connectivity index (χ1) is 9.56. The third kappa shape index (κ3) is 4.74. The van der Waals surface area contributed by atoms with E-state index in [1.54, 1.807) is 0 Å². The number of nitrogens with one attached hydrogen (secondary N) is 1. The fourth-order valence-electron chi connectivity index (χ4n) is 1.66. The molecule has 0 spiro atoms. The molecular formula is C14H17ClFNO3. The Bertz CT molecular complexity index is 479. The summed E-state index contributed by atoms with van der Waals surface area (Å²) >= 11 is 5.54. The highest BCUT2D eigenvalue weighted by Gasteiger charge is 2.21. The summed E-state index contributed by atoms with van der Waals surface area (Å²) in [5, 5.41) is 12.1. The first-order valence-corrected chi connectivity index (χ1v) is 6.93. The van der Waals surface area contributed by atoms with Gasteiger partial charge in [-0.05, 0) is 37.0 Å². The molecule has 0 saturated heterocycles. The van der Waals surface area contributed by atoms with E-state index in [2.05, 4.69) is 5.32 Å². The fourth-order valence-corrected chi connectivity index (χ4v) is 1.78. The van der Waals surface area contributed by atoms with Gasteiger partial charge in [-0.1, -0.05) is 11.6 Å². The Morgan fingerprint density at radius 3 is 2.95 bits per heavy atom.